The third-order valence-corrected chi connectivity index (χ3v) is 12.0. The summed E-state index contributed by atoms with van der Waals surface area (Å²) in [5.74, 6) is 0.399. The van der Waals surface area contributed by atoms with Crippen molar-refractivity contribution in [2.45, 2.75) is 66.2 Å². The number of aromatic nitrogens is 2. The number of H-pyrrole nitrogens is 2. The van der Waals surface area contributed by atoms with E-state index < -0.39 is 10.8 Å². The smallest absolute Gasteiger partial charge is 0.147 e. The first-order valence-corrected chi connectivity index (χ1v) is 12.5. The Kier molecular flexibility index (Phi) is 3.75. The van der Waals surface area contributed by atoms with E-state index in [0.717, 1.165) is 11.0 Å². The summed E-state index contributed by atoms with van der Waals surface area (Å²) in [5.41, 5.74) is 3.03. The molecule has 2 aliphatic rings. The summed E-state index contributed by atoms with van der Waals surface area (Å²) < 4.78 is 0. The van der Waals surface area contributed by atoms with Gasteiger partial charge in [0.05, 0.1) is 0 Å². The summed E-state index contributed by atoms with van der Waals surface area (Å²) in [6, 6.07) is 16.9. The number of carbonyl (C=O) groups is 1. The Labute approximate surface area is 202 Å². The van der Waals surface area contributed by atoms with Gasteiger partial charge in [0.15, 0.2) is 0 Å². The Hall–Kier alpha value is -2.81. The molecule has 4 aromatic rings. The van der Waals surface area contributed by atoms with Crippen LogP contribution in [0.2, 0.25) is 0 Å². The van der Waals surface area contributed by atoms with Gasteiger partial charge in [-0.15, -0.1) is 0 Å². The van der Waals surface area contributed by atoms with Gasteiger partial charge in [-0.2, -0.15) is 0 Å². The summed E-state index contributed by atoms with van der Waals surface area (Å²) in [6.07, 6.45) is 4.29. The molecule has 0 amide bonds. The summed E-state index contributed by atoms with van der Waals surface area (Å²) in [4.78, 5) is 21.8. The maximum absolute atomic E-state index is 14.9. The molecular weight excluding hydrogens is 416 g/mol. The molecule has 6 rings (SSSR count). The quantitative estimate of drug-likeness (QED) is 0.330. The van der Waals surface area contributed by atoms with Crippen LogP contribution in [0.4, 0.5) is 0 Å². The molecule has 2 N–H and O–H groups in total. The summed E-state index contributed by atoms with van der Waals surface area (Å²) >= 11 is 0. The second kappa shape index (κ2) is 5.87. The Morgan fingerprint density at radius 3 is 1.32 bits per heavy atom. The monoisotopic (exact) mass is 452 g/mol. The van der Waals surface area contributed by atoms with Gasteiger partial charge in [0.1, 0.15) is 5.78 Å². The second-order valence-corrected chi connectivity index (χ2v) is 12.6. The van der Waals surface area contributed by atoms with E-state index in [-0.39, 0.29) is 21.7 Å². The molecule has 2 saturated carbocycles. The van der Waals surface area contributed by atoms with Crippen LogP contribution in [0, 0.1) is 21.7 Å². The topological polar surface area (TPSA) is 48.6 Å². The van der Waals surface area contributed by atoms with Crippen molar-refractivity contribution in [3.8, 4) is 0 Å². The number of Topliss-reactive ketones (excluding diaryl/α,β-unsaturated/α-hetero) is 1. The molecule has 0 bridgehead atoms. The minimum atomic E-state index is -0.471. The van der Waals surface area contributed by atoms with Crippen molar-refractivity contribution in [2.24, 2.45) is 21.7 Å². The zero-order valence-electron chi connectivity index (χ0n) is 21.7. The molecule has 0 saturated heterocycles. The van der Waals surface area contributed by atoms with Crippen molar-refractivity contribution in [1.29, 1.82) is 0 Å². The molecule has 0 radical (unpaired) electrons. The van der Waals surface area contributed by atoms with Crippen LogP contribution < -0.4 is 0 Å². The first-order valence-electron chi connectivity index (χ1n) is 12.5. The minimum absolute atomic E-state index is 0.162. The van der Waals surface area contributed by atoms with Crippen LogP contribution in [0.15, 0.2) is 60.9 Å². The Morgan fingerprint density at radius 2 is 0.941 bits per heavy atom. The number of rotatable bonds is 4. The first kappa shape index (κ1) is 21.7. The maximum Gasteiger partial charge on any atom is 0.147 e. The van der Waals surface area contributed by atoms with E-state index in [4.69, 9.17) is 0 Å². The highest BCUT2D eigenvalue weighted by Gasteiger charge is 2.90. The molecule has 2 aliphatic carbocycles. The third kappa shape index (κ3) is 1.88. The number of benzene rings is 2. The lowest BCUT2D eigenvalue weighted by Crippen LogP contribution is -2.33. The van der Waals surface area contributed by atoms with Crippen LogP contribution in [0.25, 0.3) is 21.8 Å². The standard InChI is InChI=1S/C31H36N2O/c1-26(2)28(5,21-17-32-23-15-11-9-13-19(21)23)30(26,7)25(34)31(8)27(3,4)29(31,6)22-18-33-24-16-12-10-14-20(22)24/h9-18,32-33H,1-8H3. The normalized spacial score (nSPS) is 35.5. The minimum Gasteiger partial charge on any atom is -0.361 e. The predicted molar refractivity (Wildman–Crippen MR) is 140 cm³/mol. The number of ketones is 1. The second-order valence-electron chi connectivity index (χ2n) is 12.6. The molecule has 34 heavy (non-hydrogen) atoms. The van der Waals surface area contributed by atoms with Crippen LogP contribution in [0.3, 0.4) is 0 Å². The van der Waals surface area contributed by atoms with E-state index in [9.17, 15) is 4.79 Å². The first-order chi connectivity index (χ1) is 15.8. The van der Waals surface area contributed by atoms with Crippen LogP contribution >= 0.6 is 0 Å². The summed E-state index contributed by atoms with van der Waals surface area (Å²) in [7, 11) is 0. The van der Waals surface area contributed by atoms with Crippen LogP contribution in [-0.2, 0) is 15.6 Å². The molecule has 0 spiro atoms. The zero-order chi connectivity index (χ0) is 24.5. The van der Waals surface area contributed by atoms with E-state index in [1.165, 1.54) is 21.9 Å². The number of hydrogen-bond donors (Lipinski definition) is 2. The number of hydrogen-bond acceptors (Lipinski definition) is 1. The Balaban J connectivity index is 1.50. The Bertz CT molecular complexity index is 1390. The molecular formula is C31H36N2O. The highest BCUT2D eigenvalue weighted by atomic mass is 16.1. The van der Waals surface area contributed by atoms with Crippen molar-refractivity contribution in [1.82, 2.24) is 9.97 Å². The van der Waals surface area contributed by atoms with Crippen molar-refractivity contribution < 1.29 is 4.79 Å². The number of fused-ring (bicyclic) bond motifs is 2. The summed E-state index contributed by atoms with van der Waals surface area (Å²) in [5, 5.41) is 2.46. The molecule has 0 aliphatic heterocycles. The van der Waals surface area contributed by atoms with Gasteiger partial charge in [-0.25, -0.2) is 0 Å². The van der Waals surface area contributed by atoms with E-state index in [0.29, 0.717) is 5.78 Å². The maximum atomic E-state index is 14.9. The lowest BCUT2D eigenvalue weighted by Gasteiger charge is -2.25. The molecule has 2 heterocycles. The Morgan fingerprint density at radius 1 is 0.588 bits per heavy atom. The van der Waals surface area contributed by atoms with Gasteiger partial charge in [-0.05, 0) is 34.1 Å². The average molecular weight is 453 g/mol. The van der Waals surface area contributed by atoms with Crippen LogP contribution in [0.1, 0.15) is 66.5 Å². The fourth-order valence-electron chi connectivity index (χ4n) is 8.39. The van der Waals surface area contributed by atoms with Crippen molar-refractivity contribution in [3.05, 3.63) is 72.1 Å². The molecule has 4 atom stereocenters. The van der Waals surface area contributed by atoms with Gasteiger partial charge in [-0.1, -0.05) is 91.8 Å². The number of nitrogens with one attached hydrogen (secondary N) is 2. The average Bonchev–Trinajstić information content (AvgIpc) is 3.28. The lowest BCUT2D eigenvalue weighted by atomic mass is 9.75. The molecule has 2 fully saturated rings. The van der Waals surface area contributed by atoms with Crippen molar-refractivity contribution in [2.75, 3.05) is 0 Å². The number of aromatic amines is 2. The van der Waals surface area contributed by atoms with E-state index in [1.54, 1.807) is 0 Å². The summed E-state index contributed by atoms with van der Waals surface area (Å²) in [6.45, 7) is 18.2. The SMILES string of the molecule is CC1(C)C(C)(C(=O)C2(C)C(C)(C)C2(C)c2c[nH]c3ccccc23)C1(C)c1c[nH]c2ccccc12. The lowest BCUT2D eigenvalue weighted by molar-refractivity contribution is -0.131. The van der Waals surface area contributed by atoms with E-state index in [1.807, 2.05) is 0 Å². The molecule has 3 nitrogen and oxygen atoms in total. The van der Waals surface area contributed by atoms with Crippen LogP contribution in [0.5, 0.6) is 0 Å². The third-order valence-electron chi connectivity index (χ3n) is 12.0. The predicted octanol–water partition coefficient (Wildman–Crippen LogP) is 7.53. The zero-order valence-corrected chi connectivity index (χ0v) is 21.7. The fraction of sp³-hybridized carbons (Fsp3) is 0.452. The van der Waals surface area contributed by atoms with E-state index >= 15 is 0 Å². The number of carbonyl (C=O) groups excluding carboxylic acids is 1. The molecule has 4 unspecified atom stereocenters. The van der Waals surface area contributed by atoms with Gasteiger partial charge in [0.2, 0.25) is 0 Å². The molecule has 2 aromatic carbocycles. The highest BCUT2D eigenvalue weighted by Crippen LogP contribution is 2.87. The van der Waals surface area contributed by atoms with Gasteiger partial charge in [-0.3, -0.25) is 4.79 Å². The fourth-order valence-corrected chi connectivity index (χ4v) is 8.39. The molecule has 3 heteroatoms. The van der Waals surface area contributed by atoms with Crippen molar-refractivity contribution in [3.63, 3.8) is 0 Å². The largest absolute Gasteiger partial charge is 0.361 e. The molecule has 2 aromatic heterocycles. The van der Waals surface area contributed by atoms with Gasteiger partial charge < -0.3 is 9.97 Å². The van der Waals surface area contributed by atoms with Crippen LogP contribution in [-0.4, -0.2) is 15.8 Å². The van der Waals surface area contributed by atoms with E-state index in [2.05, 4.69) is 126 Å². The highest BCUT2D eigenvalue weighted by molar-refractivity contribution is 6.04. The van der Waals surface area contributed by atoms with Gasteiger partial charge in [0, 0.05) is 55.9 Å². The van der Waals surface area contributed by atoms with Crippen molar-refractivity contribution >= 4 is 27.6 Å². The van der Waals surface area contributed by atoms with Gasteiger partial charge >= 0.3 is 0 Å². The molecule has 176 valence electrons. The number of para-hydroxylation sites is 2. The van der Waals surface area contributed by atoms with Gasteiger partial charge in [0.25, 0.3) is 0 Å².